The van der Waals surface area contributed by atoms with E-state index in [1.165, 1.54) is 0 Å². The van der Waals surface area contributed by atoms with Crippen LogP contribution >= 0.6 is 0 Å². The minimum Gasteiger partial charge on any atom is -0.507 e. The number of ether oxygens (including phenoxy) is 1. The molecule has 1 aliphatic heterocycles. The summed E-state index contributed by atoms with van der Waals surface area (Å²) in [5.74, 6) is 1.71. The molecule has 3 nitrogen and oxygen atoms in total. The van der Waals surface area contributed by atoms with Gasteiger partial charge in [0.1, 0.15) is 22.9 Å². The van der Waals surface area contributed by atoms with Crippen LogP contribution in [0.4, 0.5) is 0 Å². The highest BCUT2D eigenvalue weighted by molar-refractivity contribution is 5.80. The van der Waals surface area contributed by atoms with Crippen LogP contribution in [0, 0.1) is 12.8 Å². The highest BCUT2D eigenvalue weighted by Gasteiger charge is 2.28. The van der Waals surface area contributed by atoms with Gasteiger partial charge in [-0.25, -0.2) is 0 Å². The molecule has 1 unspecified atom stereocenters. The van der Waals surface area contributed by atoms with Gasteiger partial charge < -0.3 is 9.84 Å². The SMILES string of the molecule is CC(=CCCC1(C)C=Cc2c(O)cc(C)cc2O1)CC(=O)CC(C)C. The number of aryl methyl sites for hydroxylation is 1. The molecule has 1 aromatic rings. The Morgan fingerprint density at radius 1 is 1.36 bits per heavy atom. The van der Waals surface area contributed by atoms with Crippen molar-refractivity contribution in [3.63, 3.8) is 0 Å². The van der Waals surface area contributed by atoms with Crippen LogP contribution in [0.1, 0.15) is 64.5 Å². The van der Waals surface area contributed by atoms with Gasteiger partial charge in [-0.15, -0.1) is 0 Å². The van der Waals surface area contributed by atoms with Crippen molar-refractivity contribution < 1.29 is 14.6 Å². The molecular formula is C22H30O3. The van der Waals surface area contributed by atoms with Crippen LogP contribution in [-0.4, -0.2) is 16.5 Å². The van der Waals surface area contributed by atoms with Crippen molar-refractivity contribution in [2.75, 3.05) is 0 Å². The molecule has 1 aromatic carbocycles. The molecule has 0 bridgehead atoms. The topological polar surface area (TPSA) is 46.5 Å². The predicted octanol–water partition coefficient (Wildman–Crippen LogP) is 5.60. The number of ketones is 1. The number of hydrogen-bond acceptors (Lipinski definition) is 3. The lowest BCUT2D eigenvalue weighted by atomic mass is 9.93. The number of benzene rings is 1. The Hall–Kier alpha value is -2.03. The van der Waals surface area contributed by atoms with Crippen LogP contribution in [-0.2, 0) is 4.79 Å². The van der Waals surface area contributed by atoms with Gasteiger partial charge in [-0.2, -0.15) is 0 Å². The third-order valence-corrected chi connectivity index (χ3v) is 4.46. The monoisotopic (exact) mass is 342 g/mol. The van der Waals surface area contributed by atoms with Crippen LogP contribution in [0.15, 0.2) is 29.9 Å². The van der Waals surface area contributed by atoms with Gasteiger partial charge in [0, 0.05) is 12.8 Å². The Labute approximate surface area is 151 Å². The smallest absolute Gasteiger partial charge is 0.137 e. The molecule has 0 amide bonds. The molecule has 0 aromatic heterocycles. The Morgan fingerprint density at radius 3 is 2.76 bits per heavy atom. The molecule has 1 heterocycles. The maximum atomic E-state index is 11.9. The molecule has 136 valence electrons. The van der Waals surface area contributed by atoms with E-state index in [9.17, 15) is 9.90 Å². The fourth-order valence-electron chi connectivity index (χ4n) is 3.19. The molecule has 1 aliphatic rings. The van der Waals surface area contributed by atoms with E-state index in [2.05, 4.69) is 26.8 Å². The van der Waals surface area contributed by atoms with Gasteiger partial charge in [-0.1, -0.05) is 25.5 Å². The Bertz CT molecular complexity index is 697. The molecule has 0 fully saturated rings. The van der Waals surface area contributed by atoms with Crippen LogP contribution in [0.25, 0.3) is 6.08 Å². The molecule has 0 saturated carbocycles. The Morgan fingerprint density at radius 2 is 2.08 bits per heavy atom. The number of phenols is 1. The lowest BCUT2D eigenvalue weighted by Gasteiger charge is -2.32. The molecular weight excluding hydrogens is 312 g/mol. The molecule has 0 saturated heterocycles. The first-order valence-corrected chi connectivity index (χ1v) is 9.08. The maximum Gasteiger partial charge on any atom is 0.137 e. The summed E-state index contributed by atoms with van der Waals surface area (Å²) in [5, 5.41) is 10.0. The van der Waals surface area contributed by atoms with Crippen LogP contribution in [0.5, 0.6) is 11.5 Å². The zero-order valence-electron chi connectivity index (χ0n) is 16.1. The van der Waals surface area contributed by atoms with Crippen LogP contribution in [0.2, 0.25) is 0 Å². The number of Topliss-reactive ketones (excluding diaryl/α,β-unsaturated/α-hetero) is 1. The molecule has 0 radical (unpaired) electrons. The van der Waals surface area contributed by atoms with E-state index in [1.54, 1.807) is 6.07 Å². The van der Waals surface area contributed by atoms with Crippen molar-refractivity contribution in [1.29, 1.82) is 0 Å². The second-order valence-corrected chi connectivity index (χ2v) is 7.85. The van der Waals surface area contributed by atoms with Gasteiger partial charge in [0.15, 0.2) is 0 Å². The van der Waals surface area contributed by atoms with Crippen molar-refractivity contribution in [3.8, 4) is 11.5 Å². The van der Waals surface area contributed by atoms with Gasteiger partial charge in [0.2, 0.25) is 0 Å². The van der Waals surface area contributed by atoms with Gasteiger partial charge in [0.25, 0.3) is 0 Å². The van der Waals surface area contributed by atoms with Gasteiger partial charge >= 0.3 is 0 Å². The van der Waals surface area contributed by atoms with Crippen molar-refractivity contribution >= 4 is 11.9 Å². The van der Waals surface area contributed by atoms with Crippen molar-refractivity contribution in [2.24, 2.45) is 5.92 Å². The molecule has 1 N–H and O–H groups in total. The van der Waals surface area contributed by atoms with Gasteiger partial charge in [0.05, 0.1) is 5.56 Å². The largest absolute Gasteiger partial charge is 0.507 e. The summed E-state index contributed by atoms with van der Waals surface area (Å²) in [6.45, 7) is 10.2. The van der Waals surface area contributed by atoms with E-state index in [0.717, 1.165) is 35.3 Å². The average Bonchev–Trinajstić information content (AvgIpc) is 2.44. The third-order valence-electron chi connectivity index (χ3n) is 4.46. The van der Waals surface area contributed by atoms with Crippen LogP contribution in [0.3, 0.4) is 0 Å². The quantitative estimate of drug-likeness (QED) is 0.656. The molecule has 2 rings (SSSR count). The number of fused-ring (bicyclic) bond motifs is 1. The highest BCUT2D eigenvalue weighted by atomic mass is 16.5. The second kappa shape index (κ2) is 7.90. The maximum absolute atomic E-state index is 11.9. The zero-order chi connectivity index (χ0) is 18.6. The van der Waals surface area contributed by atoms with E-state index >= 15 is 0 Å². The number of aromatic hydroxyl groups is 1. The minimum atomic E-state index is -0.397. The highest BCUT2D eigenvalue weighted by Crippen LogP contribution is 2.38. The second-order valence-electron chi connectivity index (χ2n) is 7.85. The molecule has 0 aliphatic carbocycles. The molecule has 1 atom stereocenters. The van der Waals surface area contributed by atoms with Crippen molar-refractivity contribution in [1.82, 2.24) is 0 Å². The number of phenolic OH excluding ortho intramolecular Hbond substituents is 1. The number of carbonyl (C=O) groups is 1. The normalized spacial score (nSPS) is 19.7. The van der Waals surface area contributed by atoms with E-state index < -0.39 is 5.60 Å². The van der Waals surface area contributed by atoms with E-state index in [-0.39, 0.29) is 5.75 Å². The standard InChI is InChI=1S/C22H30O3/c1-15(2)11-18(23)12-16(3)7-6-9-22(5)10-8-19-20(24)13-17(4)14-21(19)25-22/h7-8,10,13-15,24H,6,9,11-12H2,1-5H3. The van der Waals surface area contributed by atoms with Gasteiger partial charge in [-0.3, -0.25) is 4.79 Å². The van der Waals surface area contributed by atoms with E-state index in [0.29, 0.717) is 24.5 Å². The average molecular weight is 342 g/mol. The van der Waals surface area contributed by atoms with Crippen LogP contribution < -0.4 is 4.74 Å². The fraction of sp³-hybridized carbons (Fsp3) is 0.500. The molecule has 3 heteroatoms. The van der Waals surface area contributed by atoms with Gasteiger partial charge in [-0.05, 0) is 69.4 Å². The number of carbonyl (C=O) groups excluding carboxylic acids is 1. The van der Waals surface area contributed by atoms with E-state index in [1.807, 2.05) is 32.1 Å². The third kappa shape index (κ3) is 5.48. The summed E-state index contributed by atoms with van der Waals surface area (Å²) in [6, 6.07) is 3.71. The first-order valence-electron chi connectivity index (χ1n) is 9.08. The molecule has 0 spiro atoms. The zero-order valence-corrected chi connectivity index (χ0v) is 16.1. The summed E-state index contributed by atoms with van der Waals surface area (Å²) in [5.41, 5.74) is 2.46. The van der Waals surface area contributed by atoms with Crippen molar-refractivity contribution in [2.45, 2.75) is 65.9 Å². The Balaban J connectivity index is 1.95. The molecule has 25 heavy (non-hydrogen) atoms. The Kier molecular flexibility index (Phi) is 6.10. The summed E-state index contributed by atoms with van der Waals surface area (Å²) in [7, 11) is 0. The lowest BCUT2D eigenvalue weighted by molar-refractivity contribution is -0.119. The number of allylic oxidation sites excluding steroid dienone is 2. The first-order chi connectivity index (χ1) is 11.7. The lowest BCUT2D eigenvalue weighted by Crippen LogP contribution is -2.31. The minimum absolute atomic E-state index is 0.257. The van der Waals surface area contributed by atoms with Crippen molar-refractivity contribution in [3.05, 3.63) is 41.0 Å². The predicted molar refractivity (Wildman–Crippen MR) is 103 cm³/mol. The summed E-state index contributed by atoms with van der Waals surface area (Å²) >= 11 is 0. The summed E-state index contributed by atoms with van der Waals surface area (Å²) in [6.07, 6.45) is 8.97. The first kappa shape index (κ1) is 19.3. The summed E-state index contributed by atoms with van der Waals surface area (Å²) in [4.78, 5) is 11.9. The summed E-state index contributed by atoms with van der Waals surface area (Å²) < 4.78 is 6.15. The van der Waals surface area contributed by atoms with E-state index in [4.69, 9.17) is 4.74 Å². The fourth-order valence-corrected chi connectivity index (χ4v) is 3.19. The number of rotatable bonds is 7. The number of hydrogen-bond donors (Lipinski definition) is 1.